The van der Waals surface area contributed by atoms with E-state index in [0.29, 0.717) is 23.8 Å². The van der Waals surface area contributed by atoms with Crippen LogP contribution in [-0.2, 0) is 4.79 Å². The van der Waals surface area contributed by atoms with Gasteiger partial charge in [-0.25, -0.2) is 0 Å². The summed E-state index contributed by atoms with van der Waals surface area (Å²) in [7, 11) is 0. The first-order valence-corrected chi connectivity index (χ1v) is 8.79. The van der Waals surface area contributed by atoms with Crippen molar-refractivity contribution >= 4 is 17.5 Å². The largest absolute Gasteiger partial charge is 0.349 e. The fourth-order valence-electron chi connectivity index (χ4n) is 2.90. The minimum Gasteiger partial charge on any atom is -0.349 e. The lowest BCUT2D eigenvalue weighted by Crippen LogP contribution is -2.48. The monoisotopic (exact) mass is 330 g/mol. The molecule has 0 bridgehead atoms. The predicted molar refractivity (Wildman–Crippen MR) is 94.1 cm³/mol. The second kappa shape index (κ2) is 7.77. The Kier molecular flexibility index (Phi) is 5.48. The molecular weight excluding hydrogens is 304 g/mol. The van der Waals surface area contributed by atoms with Crippen LogP contribution in [0.15, 0.2) is 24.3 Å². The molecule has 1 saturated heterocycles. The zero-order valence-electron chi connectivity index (χ0n) is 14.3. The van der Waals surface area contributed by atoms with E-state index in [2.05, 4.69) is 27.4 Å². The summed E-state index contributed by atoms with van der Waals surface area (Å²) in [5.74, 6) is -0.0935. The lowest BCUT2D eigenvalue weighted by molar-refractivity contribution is -0.117. The average molecular weight is 330 g/mol. The smallest absolute Gasteiger partial charge is 0.251 e. The predicted octanol–water partition coefficient (Wildman–Crippen LogP) is 1.15. The maximum absolute atomic E-state index is 12.2. The normalized spacial score (nSPS) is 19.0. The number of hydrogen-bond acceptors (Lipinski definition) is 4. The van der Waals surface area contributed by atoms with E-state index >= 15 is 0 Å². The summed E-state index contributed by atoms with van der Waals surface area (Å²) < 4.78 is 0. The minimum absolute atomic E-state index is 0.0281. The molecule has 6 nitrogen and oxygen atoms in total. The van der Waals surface area contributed by atoms with Crippen LogP contribution in [0, 0.1) is 0 Å². The Balaban J connectivity index is 1.50. The van der Waals surface area contributed by atoms with Gasteiger partial charge >= 0.3 is 0 Å². The molecule has 0 unspecified atom stereocenters. The molecule has 6 heteroatoms. The number of carbonyl (C=O) groups is 2. The lowest BCUT2D eigenvalue weighted by atomic mass is 10.2. The van der Waals surface area contributed by atoms with Crippen molar-refractivity contribution in [2.45, 2.75) is 25.8 Å². The van der Waals surface area contributed by atoms with Crippen molar-refractivity contribution in [3.8, 4) is 0 Å². The SMILES string of the molecule is CCN1CCN(CC(=O)Nc2cccc(C(=O)NC3CC3)c2)CC1. The fraction of sp³-hybridized carbons (Fsp3) is 0.556. The molecule has 1 saturated carbocycles. The maximum atomic E-state index is 12.2. The van der Waals surface area contributed by atoms with Crippen molar-refractivity contribution in [2.75, 3.05) is 44.6 Å². The van der Waals surface area contributed by atoms with Gasteiger partial charge in [0.25, 0.3) is 5.91 Å². The Hall–Kier alpha value is -1.92. The van der Waals surface area contributed by atoms with Gasteiger partial charge in [0, 0.05) is 43.5 Å². The van der Waals surface area contributed by atoms with Crippen molar-refractivity contribution in [1.29, 1.82) is 0 Å². The van der Waals surface area contributed by atoms with Gasteiger partial charge in [-0.3, -0.25) is 14.5 Å². The van der Waals surface area contributed by atoms with Gasteiger partial charge in [0.2, 0.25) is 5.91 Å². The van der Waals surface area contributed by atoms with Crippen LogP contribution in [0.1, 0.15) is 30.1 Å². The van der Waals surface area contributed by atoms with Crippen LogP contribution in [0.25, 0.3) is 0 Å². The second-order valence-electron chi connectivity index (χ2n) is 6.59. The molecule has 2 amide bonds. The highest BCUT2D eigenvalue weighted by Gasteiger charge is 2.24. The highest BCUT2D eigenvalue weighted by molar-refractivity contribution is 5.97. The molecule has 130 valence electrons. The Morgan fingerprint density at radius 2 is 1.83 bits per heavy atom. The third-order valence-corrected chi connectivity index (χ3v) is 4.60. The summed E-state index contributed by atoms with van der Waals surface area (Å²) >= 11 is 0. The number of piperazine rings is 1. The number of nitrogens with zero attached hydrogens (tertiary/aromatic N) is 2. The van der Waals surface area contributed by atoms with Gasteiger partial charge in [0.05, 0.1) is 6.54 Å². The average Bonchev–Trinajstić information content (AvgIpc) is 3.39. The topological polar surface area (TPSA) is 64.7 Å². The molecular formula is C18H26N4O2. The number of likely N-dealkylation sites (N-methyl/N-ethyl adjacent to an activating group) is 1. The first-order valence-electron chi connectivity index (χ1n) is 8.79. The molecule has 0 spiro atoms. The summed E-state index contributed by atoms with van der Waals surface area (Å²) in [5, 5.41) is 5.87. The van der Waals surface area contributed by atoms with E-state index in [1.807, 2.05) is 6.07 Å². The van der Waals surface area contributed by atoms with E-state index in [0.717, 1.165) is 45.6 Å². The van der Waals surface area contributed by atoms with Crippen LogP contribution in [0.5, 0.6) is 0 Å². The van der Waals surface area contributed by atoms with Crippen LogP contribution >= 0.6 is 0 Å². The van der Waals surface area contributed by atoms with Crippen molar-refractivity contribution in [2.24, 2.45) is 0 Å². The molecule has 3 rings (SSSR count). The van der Waals surface area contributed by atoms with E-state index in [4.69, 9.17) is 0 Å². The van der Waals surface area contributed by atoms with Crippen LogP contribution in [0.2, 0.25) is 0 Å². The number of benzene rings is 1. The molecule has 1 aliphatic carbocycles. The third kappa shape index (κ3) is 4.79. The molecule has 1 aliphatic heterocycles. The summed E-state index contributed by atoms with van der Waals surface area (Å²) in [5.41, 5.74) is 1.27. The number of nitrogens with one attached hydrogen (secondary N) is 2. The van der Waals surface area contributed by atoms with E-state index in [-0.39, 0.29) is 11.8 Å². The minimum atomic E-state index is -0.0655. The molecule has 0 atom stereocenters. The van der Waals surface area contributed by atoms with Gasteiger partial charge in [0.1, 0.15) is 0 Å². The summed E-state index contributed by atoms with van der Waals surface area (Å²) in [6, 6.07) is 7.47. The van der Waals surface area contributed by atoms with E-state index in [9.17, 15) is 9.59 Å². The van der Waals surface area contributed by atoms with Crippen molar-refractivity contribution < 1.29 is 9.59 Å². The Morgan fingerprint density at radius 3 is 2.50 bits per heavy atom. The Bertz CT molecular complexity index is 592. The van der Waals surface area contributed by atoms with Crippen LogP contribution in [-0.4, -0.2) is 66.9 Å². The lowest BCUT2D eigenvalue weighted by Gasteiger charge is -2.33. The van der Waals surface area contributed by atoms with Gasteiger partial charge < -0.3 is 15.5 Å². The van der Waals surface area contributed by atoms with Crippen molar-refractivity contribution in [1.82, 2.24) is 15.1 Å². The molecule has 2 fully saturated rings. The highest BCUT2D eigenvalue weighted by Crippen LogP contribution is 2.20. The molecule has 2 N–H and O–H groups in total. The molecule has 1 aromatic rings. The van der Waals surface area contributed by atoms with Gasteiger partial charge in [-0.2, -0.15) is 0 Å². The Labute approximate surface area is 143 Å². The number of rotatable bonds is 6. The van der Waals surface area contributed by atoms with Crippen LogP contribution < -0.4 is 10.6 Å². The van der Waals surface area contributed by atoms with E-state index in [1.165, 1.54) is 0 Å². The highest BCUT2D eigenvalue weighted by atomic mass is 16.2. The first-order chi connectivity index (χ1) is 11.6. The molecule has 1 heterocycles. The fourth-order valence-corrected chi connectivity index (χ4v) is 2.90. The maximum Gasteiger partial charge on any atom is 0.251 e. The molecule has 0 radical (unpaired) electrons. The number of hydrogen-bond donors (Lipinski definition) is 2. The van der Waals surface area contributed by atoms with E-state index in [1.54, 1.807) is 18.2 Å². The van der Waals surface area contributed by atoms with Crippen LogP contribution in [0.3, 0.4) is 0 Å². The van der Waals surface area contributed by atoms with Gasteiger partial charge in [-0.05, 0) is 37.6 Å². The summed E-state index contributed by atoms with van der Waals surface area (Å²) in [6.45, 7) is 7.50. The van der Waals surface area contributed by atoms with Crippen molar-refractivity contribution in [3.05, 3.63) is 29.8 Å². The van der Waals surface area contributed by atoms with Crippen molar-refractivity contribution in [3.63, 3.8) is 0 Å². The quantitative estimate of drug-likeness (QED) is 0.821. The van der Waals surface area contributed by atoms with Gasteiger partial charge in [-0.1, -0.05) is 13.0 Å². The van der Waals surface area contributed by atoms with Gasteiger partial charge in [-0.15, -0.1) is 0 Å². The summed E-state index contributed by atoms with van der Waals surface area (Å²) in [4.78, 5) is 28.9. The molecule has 1 aromatic carbocycles. The zero-order chi connectivity index (χ0) is 16.9. The van der Waals surface area contributed by atoms with E-state index < -0.39 is 0 Å². The molecule has 24 heavy (non-hydrogen) atoms. The standard InChI is InChI=1S/C18H26N4O2/c1-2-21-8-10-22(11-9-21)13-17(23)19-16-5-3-4-14(12-16)18(24)20-15-6-7-15/h3-5,12,15H,2,6-11,13H2,1H3,(H,19,23)(H,20,24). The van der Waals surface area contributed by atoms with Crippen LogP contribution in [0.4, 0.5) is 5.69 Å². The molecule has 0 aromatic heterocycles. The zero-order valence-corrected chi connectivity index (χ0v) is 14.3. The number of anilines is 1. The third-order valence-electron chi connectivity index (χ3n) is 4.60. The molecule has 2 aliphatic rings. The second-order valence-corrected chi connectivity index (χ2v) is 6.59. The van der Waals surface area contributed by atoms with Gasteiger partial charge in [0.15, 0.2) is 0 Å². The first kappa shape index (κ1) is 16.9. The summed E-state index contributed by atoms with van der Waals surface area (Å²) in [6.07, 6.45) is 2.13. The number of amides is 2. The Morgan fingerprint density at radius 1 is 1.12 bits per heavy atom. The number of carbonyl (C=O) groups excluding carboxylic acids is 2.